The van der Waals surface area contributed by atoms with Gasteiger partial charge in [-0.25, -0.2) is 4.39 Å². The Bertz CT molecular complexity index is 422. The minimum Gasteiger partial charge on any atom is -0.390 e. The van der Waals surface area contributed by atoms with Gasteiger partial charge >= 0.3 is 0 Å². The summed E-state index contributed by atoms with van der Waals surface area (Å²) in [5, 5.41) is 14.2. The van der Waals surface area contributed by atoms with E-state index < -0.39 is 5.60 Å². The van der Waals surface area contributed by atoms with E-state index in [1.165, 1.54) is 18.9 Å². The first-order valence-corrected chi connectivity index (χ1v) is 6.86. The molecule has 0 spiro atoms. The first-order valence-electron chi connectivity index (χ1n) is 6.86. The van der Waals surface area contributed by atoms with Crippen LogP contribution >= 0.6 is 0 Å². The van der Waals surface area contributed by atoms with Crippen LogP contribution in [-0.2, 0) is 6.42 Å². The van der Waals surface area contributed by atoms with E-state index >= 15 is 0 Å². The van der Waals surface area contributed by atoms with Crippen LogP contribution in [0.15, 0.2) is 24.3 Å². The van der Waals surface area contributed by atoms with Crippen molar-refractivity contribution in [2.24, 2.45) is 0 Å². The normalized spacial score (nSPS) is 34.8. The number of halogens is 1. The molecule has 0 aromatic heterocycles. The molecule has 18 heavy (non-hydrogen) atoms. The fourth-order valence-electron chi connectivity index (χ4n) is 3.50. The molecule has 3 rings (SSSR count). The molecule has 1 aromatic rings. The Balaban J connectivity index is 1.64. The summed E-state index contributed by atoms with van der Waals surface area (Å²) in [5.74, 6) is -0.155. The fraction of sp³-hybridized carbons (Fsp3) is 0.600. The number of fused-ring (bicyclic) bond motifs is 2. The van der Waals surface area contributed by atoms with Gasteiger partial charge < -0.3 is 10.4 Å². The second-order valence-electron chi connectivity index (χ2n) is 5.86. The molecule has 3 heteroatoms. The van der Waals surface area contributed by atoms with Crippen molar-refractivity contribution < 1.29 is 9.50 Å². The van der Waals surface area contributed by atoms with Crippen LogP contribution in [0.2, 0.25) is 0 Å². The molecule has 2 heterocycles. The number of aryl methyl sites for hydroxylation is 1. The molecule has 2 atom stereocenters. The van der Waals surface area contributed by atoms with Gasteiger partial charge in [-0.05, 0) is 50.2 Å². The maximum Gasteiger partial charge on any atom is 0.126 e. The van der Waals surface area contributed by atoms with Gasteiger partial charge in [0.1, 0.15) is 5.82 Å². The van der Waals surface area contributed by atoms with Crippen molar-refractivity contribution in [3.8, 4) is 0 Å². The summed E-state index contributed by atoms with van der Waals surface area (Å²) in [6.45, 7) is 0. The van der Waals surface area contributed by atoms with E-state index in [1.54, 1.807) is 6.07 Å². The predicted octanol–water partition coefficient (Wildman–Crippen LogP) is 2.40. The van der Waals surface area contributed by atoms with Gasteiger partial charge in [-0.3, -0.25) is 0 Å². The van der Waals surface area contributed by atoms with Gasteiger partial charge in [-0.1, -0.05) is 18.2 Å². The second kappa shape index (κ2) is 4.63. The lowest BCUT2D eigenvalue weighted by molar-refractivity contribution is -0.0137. The third-order valence-electron chi connectivity index (χ3n) is 4.41. The minimum absolute atomic E-state index is 0.155. The molecule has 2 N–H and O–H groups in total. The van der Waals surface area contributed by atoms with E-state index in [-0.39, 0.29) is 5.82 Å². The maximum absolute atomic E-state index is 13.5. The van der Waals surface area contributed by atoms with Gasteiger partial charge in [0, 0.05) is 12.1 Å². The van der Waals surface area contributed by atoms with Gasteiger partial charge in [0.05, 0.1) is 5.60 Å². The van der Waals surface area contributed by atoms with Crippen molar-refractivity contribution in [3.05, 3.63) is 35.6 Å². The molecule has 1 aromatic carbocycles. The molecule has 2 nitrogen and oxygen atoms in total. The van der Waals surface area contributed by atoms with Crippen LogP contribution in [0.3, 0.4) is 0 Å². The largest absolute Gasteiger partial charge is 0.390 e. The van der Waals surface area contributed by atoms with Crippen molar-refractivity contribution in [1.29, 1.82) is 0 Å². The lowest BCUT2D eigenvalue weighted by atomic mass is 9.83. The van der Waals surface area contributed by atoms with E-state index in [0.29, 0.717) is 24.9 Å². The quantitative estimate of drug-likeness (QED) is 0.862. The highest BCUT2D eigenvalue weighted by atomic mass is 19.1. The zero-order valence-electron chi connectivity index (χ0n) is 10.5. The molecule has 2 bridgehead atoms. The summed E-state index contributed by atoms with van der Waals surface area (Å²) < 4.78 is 13.5. The Hall–Kier alpha value is -0.930. The van der Waals surface area contributed by atoms with Crippen LogP contribution in [0, 0.1) is 5.82 Å². The Morgan fingerprint density at radius 1 is 1.22 bits per heavy atom. The fourth-order valence-corrected chi connectivity index (χ4v) is 3.50. The van der Waals surface area contributed by atoms with Crippen molar-refractivity contribution >= 4 is 0 Å². The van der Waals surface area contributed by atoms with E-state index in [0.717, 1.165) is 18.4 Å². The average Bonchev–Trinajstić information content (AvgIpc) is 2.69. The van der Waals surface area contributed by atoms with E-state index in [9.17, 15) is 9.50 Å². The molecule has 98 valence electrons. The number of piperidine rings is 1. The van der Waals surface area contributed by atoms with Gasteiger partial charge in [-0.2, -0.15) is 0 Å². The number of nitrogens with one attached hydrogen (secondary N) is 1. The van der Waals surface area contributed by atoms with Gasteiger partial charge in [-0.15, -0.1) is 0 Å². The highest BCUT2D eigenvalue weighted by Crippen LogP contribution is 2.36. The lowest BCUT2D eigenvalue weighted by Crippen LogP contribution is -2.48. The summed E-state index contributed by atoms with van der Waals surface area (Å²) >= 11 is 0. The average molecular weight is 249 g/mol. The monoisotopic (exact) mass is 249 g/mol. The first-order chi connectivity index (χ1) is 8.65. The second-order valence-corrected chi connectivity index (χ2v) is 5.86. The molecule has 2 aliphatic heterocycles. The number of rotatable bonds is 3. The number of benzene rings is 1. The van der Waals surface area contributed by atoms with Crippen molar-refractivity contribution in [2.75, 3.05) is 0 Å². The Morgan fingerprint density at radius 2 is 1.89 bits per heavy atom. The van der Waals surface area contributed by atoms with E-state index in [1.807, 2.05) is 12.1 Å². The Morgan fingerprint density at radius 3 is 2.56 bits per heavy atom. The SMILES string of the molecule is OC1(CCc2ccccc2F)CC2CCC(C1)N2. The number of aliphatic hydroxyl groups is 1. The third kappa shape index (κ3) is 2.43. The Kier molecular flexibility index (Phi) is 3.12. The van der Waals surface area contributed by atoms with Gasteiger partial charge in [0.25, 0.3) is 0 Å². The standard InChI is InChI=1S/C15H20FNO/c16-14-4-2-1-3-11(14)7-8-15(18)9-12-5-6-13(10-15)17-12/h1-4,12-13,17-18H,5-10H2. The van der Waals surface area contributed by atoms with Crippen LogP contribution in [0.4, 0.5) is 4.39 Å². The summed E-state index contributed by atoms with van der Waals surface area (Å²) in [6, 6.07) is 7.80. The number of hydrogen-bond donors (Lipinski definition) is 2. The van der Waals surface area contributed by atoms with Crippen molar-refractivity contribution in [3.63, 3.8) is 0 Å². The molecule has 2 aliphatic rings. The van der Waals surface area contributed by atoms with E-state index in [4.69, 9.17) is 0 Å². The summed E-state index contributed by atoms with van der Waals surface area (Å²) in [6.07, 6.45) is 5.28. The van der Waals surface area contributed by atoms with E-state index in [2.05, 4.69) is 5.32 Å². The molecule has 2 saturated heterocycles. The molecule has 2 fully saturated rings. The Labute approximate surface area is 107 Å². The van der Waals surface area contributed by atoms with Crippen LogP contribution in [0.1, 0.15) is 37.7 Å². The molecule has 0 amide bonds. The molecule has 0 radical (unpaired) electrons. The third-order valence-corrected chi connectivity index (χ3v) is 4.41. The van der Waals surface area contributed by atoms with Crippen molar-refractivity contribution in [1.82, 2.24) is 5.32 Å². The summed E-state index contributed by atoms with van der Waals surface area (Å²) in [7, 11) is 0. The zero-order chi connectivity index (χ0) is 12.6. The van der Waals surface area contributed by atoms with Crippen LogP contribution in [0.5, 0.6) is 0 Å². The highest BCUT2D eigenvalue weighted by Gasteiger charge is 2.41. The number of hydrogen-bond acceptors (Lipinski definition) is 2. The predicted molar refractivity (Wildman–Crippen MR) is 68.9 cm³/mol. The highest BCUT2D eigenvalue weighted by molar-refractivity contribution is 5.18. The lowest BCUT2D eigenvalue weighted by Gasteiger charge is -2.37. The van der Waals surface area contributed by atoms with Gasteiger partial charge in [0.15, 0.2) is 0 Å². The molecule has 0 aliphatic carbocycles. The van der Waals surface area contributed by atoms with Crippen LogP contribution in [0.25, 0.3) is 0 Å². The molecular weight excluding hydrogens is 229 g/mol. The first kappa shape index (κ1) is 12.1. The molecule has 0 saturated carbocycles. The zero-order valence-corrected chi connectivity index (χ0v) is 10.5. The maximum atomic E-state index is 13.5. The molecular formula is C15H20FNO. The van der Waals surface area contributed by atoms with Crippen LogP contribution < -0.4 is 5.32 Å². The molecule has 2 unspecified atom stereocenters. The topological polar surface area (TPSA) is 32.3 Å². The summed E-state index contributed by atoms with van der Waals surface area (Å²) in [4.78, 5) is 0. The van der Waals surface area contributed by atoms with Crippen molar-refractivity contribution in [2.45, 2.75) is 56.2 Å². The smallest absolute Gasteiger partial charge is 0.126 e. The van der Waals surface area contributed by atoms with Gasteiger partial charge in [0.2, 0.25) is 0 Å². The minimum atomic E-state index is -0.598. The summed E-state index contributed by atoms with van der Waals surface area (Å²) in [5.41, 5.74) is 0.121. The van der Waals surface area contributed by atoms with Crippen LogP contribution in [-0.4, -0.2) is 22.8 Å².